The molecule has 0 spiro atoms. The summed E-state index contributed by atoms with van der Waals surface area (Å²) in [4.78, 5) is 23.0. The third kappa shape index (κ3) is 2.33. The van der Waals surface area contributed by atoms with Crippen LogP contribution in [-0.4, -0.2) is 13.1 Å². The van der Waals surface area contributed by atoms with Gasteiger partial charge < -0.3 is 13.9 Å². The zero-order valence-corrected chi connectivity index (χ0v) is 11.5. The lowest BCUT2D eigenvalue weighted by Gasteiger charge is -2.06. The molecule has 0 bridgehead atoms. The molecule has 2 aromatic carbocycles. The average Bonchev–Trinajstić information content (AvgIpc) is 2.46. The number of carbonyl (C=O) groups excluding carboxylic acids is 1. The first-order valence-corrected chi connectivity index (χ1v) is 6.31. The van der Waals surface area contributed by atoms with Gasteiger partial charge in [-0.3, -0.25) is 4.79 Å². The zero-order valence-electron chi connectivity index (χ0n) is 11.5. The molecule has 5 nitrogen and oxygen atoms in total. The zero-order chi connectivity index (χ0) is 15.0. The summed E-state index contributed by atoms with van der Waals surface area (Å²) in [6.07, 6.45) is 0. The molecule has 1 heterocycles. The van der Waals surface area contributed by atoms with Crippen LogP contribution in [0.4, 0.5) is 0 Å². The first-order valence-electron chi connectivity index (χ1n) is 6.31. The molecule has 0 N–H and O–H groups in total. The molecule has 0 aliphatic carbocycles. The summed E-state index contributed by atoms with van der Waals surface area (Å²) in [6, 6.07) is 10.2. The molecule has 5 heteroatoms. The van der Waals surface area contributed by atoms with Crippen LogP contribution < -0.4 is 15.1 Å². The second-order valence-electron chi connectivity index (χ2n) is 4.55. The maximum atomic E-state index is 12.1. The van der Waals surface area contributed by atoms with Gasteiger partial charge >= 0.3 is 11.6 Å². The standard InChI is InChI=1S/C16H12O5/c1-9(17)20-11-4-6-13-12-5-3-10(19-2)7-14(12)16(18)21-15(13)8-11/h3-8H,1-2H3. The molecule has 0 aliphatic heterocycles. The van der Waals surface area contributed by atoms with Crippen LogP contribution in [0.5, 0.6) is 11.5 Å². The molecular formula is C16H12O5. The van der Waals surface area contributed by atoms with Crippen LogP contribution in [0.1, 0.15) is 6.92 Å². The smallest absolute Gasteiger partial charge is 0.344 e. The van der Waals surface area contributed by atoms with Crippen molar-refractivity contribution in [2.24, 2.45) is 0 Å². The predicted octanol–water partition coefficient (Wildman–Crippen LogP) is 2.88. The van der Waals surface area contributed by atoms with E-state index in [1.165, 1.54) is 20.1 Å². The Hall–Kier alpha value is -2.82. The Bertz CT molecular complexity index is 908. The third-order valence-electron chi connectivity index (χ3n) is 3.15. The second-order valence-corrected chi connectivity index (χ2v) is 4.55. The molecule has 0 saturated heterocycles. The van der Waals surface area contributed by atoms with Gasteiger partial charge in [-0.1, -0.05) is 0 Å². The topological polar surface area (TPSA) is 65.7 Å². The second kappa shape index (κ2) is 4.94. The van der Waals surface area contributed by atoms with E-state index in [1.54, 1.807) is 30.3 Å². The summed E-state index contributed by atoms with van der Waals surface area (Å²) in [7, 11) is 1.54. The highest BCUT2D eigenvalue weighted by Crippen LogP contribution is 2.28. The van der Waals surface area contributed by atoms with E-state index in [1.807, 2.05) is 0 Å². The summed E-state index contributed by atoms with van der Waals surface area (Å²) < 4.78 is 15.4. The van der Waals surface area contributed by atoms with Crippen molar-refractivity contribution in [2.75, 3.05) is 7.11 Å². The van der Waals surface area contributed by atoms with Gasteiger partial charge in [0.25, 0.3) is 0 Å². The first-order chi connectivity index (χ1) is 10.1. The molecule has 0 atom stereocenters. The van der Waals surface area contributed by atoms with Crippen LogP contribution in [0.2, 0.25) is 0 Å². The van der Waals surface area contributed by atoms with E-state index in [2.05, 4.69) is 0 Å². The lowest BCUT2D eigenvalue weighted by molar-refractivity contribution is -0.131. The summed E-state index contributed by atoms with van der Waals surface area (Å²) in [5.74, 6) is 0.499. The van der Waals surface area contributed by atoms with Crippen molar-refractivity contribution < 1.29 is 18.7 Å². The monoisotopic (exact) mass is 284 g/mol. The number of hydrogen-bond donors (Lipinski definition) is 0. The number of benzene rings is 2. The van der Waals surface area contributed by atoms with E-state index >= 15 is 0 Å². The normalized spacial score (nSPS) is 10.8. The number of esters is 1. The molecule has 0 aliphatic rings. The minimum Gasteiger partial charge on any atom is -0.497 e. The lowest BCUT2D eigenvalue weighted by atomic mass is 10.1. The van der Waals surface area contributed by atoms with Gasteiger partial charge in [-0.05, 0) is 30.3 Å². The molecule has 1 aromatic heterocycles. The fourth-order valence-corrected chi connectivity index (χ4v) is 2.25. The summed E-state index contributed by atoms with van der Waals surface area (Å²) in [6.45, 7) is 1.31. The molecule has 3 aromatic rings. The van der Waals surface area contributed by atoms with Crippen LogP contribution in [0.3, 0.4) is 0 Å². The maximum absolute atomic E-state index is 12.1. The van der Waals surface area contributed by atoms with Crippen molar-refractivity contribution >= 4 is 27.7 Å². The van der Waals surface area contributed by atoms with Crippen LogP contribution >= 0.6 is 0 Å². The van der Waals surface area contributed by atoms with E-state index in [9.17, 15) is 9.59 Å². The van der Waals surface area contributed by atoms with Crippen molar-refractivity contribution in [2.45, 2.75) is 6.92 Å². The predicted molar refractivity (Wildman–Crippen MR) is 77.9 cm³/mol. The Morgan fingerprint density at radius 1 is 1.00 bits per heavy atom. The van der Waals surface area contributed by atoms with Gasteiger partial charge in [0.15, 0.2) is 0 Å². The van der Waals surface area contributed by atoms with Crippen molar-refractivity contribution in [1.82, 2.24) is 0 Å². The van der Waals surface area contributed by atoms with Crippen LogP contribution in [0.25, 0.3) is 21.7 Å². The van der Waals surface area contributed by atoms with E-state index in [4.69, 9.17) is 13.9 Å². The molecule has 0 unspecified atom stereocenters. The van der Waals surface area contributed by atoms with Gasteiger partial charge in [0.05, 0.1) is 12.5 Å². The van der Waals surface area contributed by atoms with Crippen molar-refractivity contribution in [3.8, 4) is 11.5 Å². The highest BCUT2D eigenvalue weighted by Gasteiger charge is 2.10. The van der Waals surface area contributed by atoms with Crippen molar-refractivity contribution in [3.05, 3.63) is 46.8 Å². The number of hydrogen-bond acceptors (Lipinski definition) is 5. The fourth-order valence-electron chi connectivity index (χ4n) is 2.25. The minimum atomic E-state index is -0.462. The van der Waals surface area contributed by atoms with Crippen LogP contribution in [0, 0.1) is 0 Å². The number of fused-ring (bicyclic) bond motifs is 3. The molecule has 21 heavy (non-hydrogen) atoms. The SMILES string of the molecule is COc1ccc2c(c1)c(=O)oc1cc(OC(C)=O)ccc12. The Balaban J connectivity index is 2.29. The largest absolute Gasteiger partial charge is 0.497 e. The van der Waals surface area contributed by atoms with E-state index in [0.29, 0.717) is 22.5 Å². The number of ether oxygens (including phenoxy) is 2. The van der Waals surface area contributed by atoms with Crippen molar-refractivity contribution in [3.63, 3.8) is 0 Å². The number of carbonyl (C=O) groups is 1. The average molecular weight is 284 g/mol. The lowest BCUT2D eigenvalue weighted by Crippen LogP contribution is -2.03. The van der Waals surface area contributed by atoms with Gasteiger partial charge in [-0.25, -0.2) is 4.79 Å². The Kier molecular flexibility index (Phi) is 3.10. The first kappa shape index (κ1) is 13.2. The molecular weight excluding hydrogens is 272 g/mol. The van der Waals surface area contributed by atoms with Gasteiger partial charge in [0.1, 0.15) is 17.1 Å². The molecule has 3 rings (SSSR count). The van der Waals surface area contributed by atoms with Gasteiger partial charge in [0, 0.05) is 23.8 Å². The van der Waals surface area contributed by atoms with E-state index in [-0.39, 0.29) is 0 Å². The van der Waals surface area contributed by atoms with E-state index < -0.39 is 11.6 Å². The van der Waals surface area contributed by atoms with Crippen molar-refractivity contribution in [1.29, 1.82) is 0 Å². The molecule has 0 fully saturated rings. The van der Waals surface area contributed by atoms with Crippen LogP contribution in [0.15, 0.2) is 45.6 Å². The molecule has 0 radical (unpaired) electrons. The summed E-state index contributed by atoms with van der Waals surface area (Å²) in [5.41, 5.74) is -0.0900. The summed E-state index contributed by atoms with van der Waals surface area (Å²) >= 11 is 0. The minimum absolute atomic E-state index is 0.339. The Morgan fingerprint density at radius 3 is 2.43 bits per heavy atom. The van der Waals surface area contributed by atoms with Gasteiger partial charge in [-0.2, -0.15) is 0 Å². The van der Waals surface area contributed by atoms with Gasteiger partial charge in [-0.15, -0.1) is 0 Å². The summed E-state index contributed by atoms with van der Waals surface area (Å²) in [5, 5.41) is 1.97. The third-order valence-corrected chi connectivity index (χ3v) is 3.15. The fraction of sp³-hybridized carbons (Fsp3) is 0.125. The van der Waals surface area contributed by atoms with Crippen LogP contribution in [-0.2, 0) is 4.79 Å². The van der Waals surface area contributed by atoms with E-state index in [0.717, 1.165) is 10.8 Å². The molecule has 0 amide bonds. The van der Waals surface area contributed by atoms with Gasteiger partial charge in [0.2, 0.25) is 0 Å². The highest BCUT2D eigenvalue weighted by molar-refractivity contribution is 6.05. The molecule has 106 valence electrons. The Morgan fingerprint density at radius 2 is 1.71 bits per heavy atom. The maximum Gasteiger partial charge on any atom is 0.344 e. The quantitative estimate of drug-likeness (QED) is 0.313. The highest BCUT2D eigenvalue weighted by atomic mass is 16.5. The number of methoxy groups -OCH3 is 1. The molecule has 0 saturated carbocycles. The number of rotatable bonds is 2. The Labute approximate surface area is 119 Å².